The third-order valence-electron chi connectivity index (χ3n) is 5.02. The SMILES string of the molecule is CCOc1cc(CNCCc2ccc(OC)cc2)c(Cl)cc1OCc1ccc([N+](=O)[O-])cc1. The molecule has 0 heterocycles. The van der Waals surface area contributed by atoms with Gasteiger partial charge < -0.3 is 19.5 Å². The van der Waals surface area contributed by atoms with Gasteiger partial charge in [0.2, 0.25) is 0 Å². The molecule has 0 aliphatic heterocycles. The molecule has 0 aliphatic carbocycles. The fraction of sp³-hybridized carbons (Fsp3) is 0.280. The third kappa shape index (κ3) is 7.10. The van der Waals surface area contributed by atoms with E-state index in [1.165, 1.54) is 17.7 Å². The molecular weight excluding hydrogens is 444 g/mol. The number of halogens is 1. The van der Waals surface area contributed by atoms with E-state index in [1.807, 2.05) is 25.1 Å². The van der Waals surface area contributed by atoms with Gasteiger partial charge in [0.1, 0.15) is 12.4 Å². The minimum absolute atomic E-state index is 0.0423. The first-order valence-electron chi connectivity index (χ1n) is 10.6. The van der Waals surface area contributed by atoms with Crippen LogP contribution in [0.1, 0.15) is 23.6 Å². The van der Waals surface area contributed by atoms with Crippen molar-refractivity contribution in [3.05, 3.63) is 92.5 Å². The summed E-state index contributed by atoms with van der Waals surface area (Å²) >= 11 is 6.50. The standard InChI is InChI=1S/C25H27ClN2O5/c1-3-32-24-14-20(16-27-13-12-18-6-10-22(31-2)11-7-18)23(26)15-25(24)33-17-19-4-8-21(9-5-19)28(29)30/h4-11,14-15,27H,3,12-13,16-17H2,1-2H3. The van der Waals surface area contributed by atoms with Crippen molar-refractivity contribution in [2.24, 2.45) is 0 Å². The molecule has 0 saturated carbocycles. The quantitative estimate of drug-likeness (QED) is 0.212. The Morgan fingerprint density at radius 1 is 0.970 bits per heavy atom. The molecule has 0 aliphatic rings. The summed E-state index contributed by atoms with van der Waals surface area (Å²) in [4.78, 5) is 10.4. The van der Waals surface area contributed by atoms with Gasteiger partial charge in [-0.2, -0.15) is 0 Å². The Labute approximate surface area is 198 Å². The largest absolute Gasteiger partial charge is 0.497 e. The van der Waals surface area contributed by atoms with Crippen molar-refractivity contribution in [2.75, 3.05) is 20.3 Å². The van der Waals surface area contributed by atoms with Gasteiger partial charge in [-0.05, 0) is 66.9 Å². The van der Waals surface area contributed by atoms with Crippen molar-refractivity contribution in [3.63, 3.8) is 0 Å². The number of nitrogens with zero attached hydrogens (tertiary/aromatic N) is 1. The lowest BCUT2D eigenvalue weighted by molar-refractivity contribution is -0.384. The van der Waals surface area contributed by atoms with Crippen LogP contribution in [0.5, 0.6) is 17.2 Å². The van der Waals surface area contributed by atoms with Crippen molar-refractivity contribution in [1.29, 1.82) is 0 Å². The normalized spacial score (nSPS) is 10.6. The minimum Gasteiger partial charge on any atom is -0.497 e. The number of non-ortho nitro benzene ring substituents is 1. The molecule has 0 saturated heterocycles. The number of nitrogens with one attached hydrogen (secondary N) is 1. The highest BCUT2D eigenvalue weighted by molar-refractivity contribution is 6.31. The van der Waals surface area contributed by atoms with Crippen molar-refractivity contribution in [1.82, 2.24) is 5.32 Å². The molecule has 33 heavy (non-hydrogen) atoms. The molecule has 0 unspecified atom stereocenters. The highest BCUT2D eigenvalue weighted by Crippen LogP contribution is 2.34. The molecule has 174 valence electrons. The summed E-state index contributed by atoms with van der Waals surface area (Å²) in [6, 6.07) is 17.9. The average Bonchev–Trinajstić information content (AvgIpc) is 2.83. The van der Waals surface area contributed by atoms with Crippen LogP contribution in [0.3, 0.4) is 0 Å². The second kappa shape index (κ2) is 12.1. The zero-order valence-electron chi connectivity index (χ0n) is 18.7. The second-order valence-corrected chi connectivity index (χ2v) is 7.72. The minimum atomic E-state index is -0.429. The number of nitro benzene ring substituents is 1. The van der Waals surface area contributed by atoms with Gasteiger partial charge in [0.05, 0.1) is 18.6 Å². The van der Waals surface area contributed by atoms with Crippen LogP contribution < -0.4 is 19.5 Å². The van der Waals surface area contributed by atoms with E-state index in [9.17, 15) is 10.1 Å². The van der Waals surface area contributed by atoms with E-state index < -0.39 is 4.92 Å². The van der Waals surface area contributed by atoms with E-state index in [1.54, 1.807) is 25.3 Å². The maximum atomic E-state index is 10.8. The van der Waals surface area contributed by atoms with Crippen LogP contribution in [0.25, 0.3) is 0 Å². The molecule has 3 aromatic carbocycles. The van der Waals surface area contributed by atoms with Crippen molar-refractivity contribution in [3.8, 4) is 17.2 Å². The third-order valence-corrected chi connectivity index (χ3v) is 5.37. The van der Waals surface area contributed by atoms with Crippen LogP contribution in [0.15, 0.2) is 60.7 Å². The van der Waals surface area contributed by atoms with Gasteiger partial charge in [-0.25, -0.2) is 0 Å². The summed E-state index contributed by atoms with van der Waals surface area (Å²) in [5.74, 6) is 1.98. The molecule has 0 aromatic heterocycles. The van der Waals surface area contributed by atoms with Crippen LogP contribution in [0.2, 0.25) is 5.02 Å². The molecule has 0 radical (unpaired) electrons. The summed E-state index contributed by atoms with van der Waals surface area (Å²) in [7, 11) is 1.66. The zero-order chi connectivity index (χ0) is 23.6. The monoisotopic (exact) mass is 470 g/mol. The fourth-order valence-electron chi connectivity index (χ4n) is 3.22. The summed E-state index contributed by atoms with van der Waals surface area (Å²) in [6.07, 6.45) is 0.885. The lowest BCUT2D eigenvalue weighted by Gasteiger charge is -2.15. The van der Waals surface area contributed by atoms with E-state index in [0.29, 0.717) is 29.7 Å². The molecule has 0 spiro atoms. The molecule has 8 heteroatoms. The molecule has 3 aromatic rings. The molecule has 0 amide bonds. The lowest BCUT2D eigenvalue weighted by atomic mass is 10.1. The Morgan fingerprint density at radius 3 is 2.27 bits per heavy atom. The first kappa shape index (κ1) is 24.4. The highest BCUT2D eigenvalue weighted by atomic mass is 35.5. The molecule has 7 nitrogen and oxygen atoms in total. The molecule has 3 rings (SSSR count). The molecule has 0 atom stereocenters. The van der Waals surface area contributed by atoms with Crippen LogP contribution in [-0.2, 0) is 19.6 Å². The van der Waals surface area contributed by atoms with Crippen molar-refractivity contribution >= 4 is 17.3 Å². The maximum Gasteiger partial charge on any atom is 0.269 e. The zero-order valence-corrected chi connectivity index (χ0v) is 19.4. The Morgan fingerprint density at radius 2 is 1.64 bits per heavy atom. The maximum absolute atomic E-state index is 10.8. The van der Waals surface area contributed by atoms with Gasteiger partial charge in [-0.3, -0.25) is 10.1 Å². The number of nitro groups is 1. The Bertz CT molecular complexity index is 1060. The number of methoxy groups -OCH3 is 1. The summed E-state index contributed by atoms with van der Waals surface area (Å²) in [6.45, 7) is 4.03. The number of hydrogen-bond acceptors (Lipinski definition) is 6. The Hall–Kier alpha value is -3.29. The number of benzene rings is 3. The molecular formula is C25H27ClN2O5. The molecule has 0 bridgehead atoms. The van der Waals surface area contributed by atoms with Gasteiger partial charge >= 0.3 is 0 Å². The second-order valence-electron chi connectivity index (χ2n) is 7.31. The first-order valence-corrected chi connectivity index (χ1v) is 11.0. The average molecular weight is 471 g/mol. The smallest absolute Gasteiger partial charge is 0.269 e. The molecule has 1 N–H and O–H groups in total. The molecule has 0 fully saturated rings. The fourth-order valence-corrected chi connectivity index (χ4v) is 3.44. The van der Waals surface area contributed by atoms with Crippen LogP contribution in [0.4, 0.5) is 5.69 Å². The van der Waals surface area contributed by atoms with E-state index in [2.05, 4.69) is 17.4 Å². The van der Waals surface area contributed by atoms with Gasteiger partial charge in [-0.1, -0.05) is 23.7 Å². The van der Waals surface area contributed by atoms with E-state index in [-0.39, 0.29) is 12.3 Å². The van der Waals surface area contributed by atoms with E-state index in [0.717, 1.165) is 29.8 Å². The summed E-state index contributed by atoms with van der Waals surface area (Å²) in [5, 5.41) is 14.8. The number of rotatable bonds is 12. The van der Waals surface area contributed by atoms with Gasteiger partial charge in [-0.15, -0.1) is 0 Å². The van der Waals surface area contributed by atoms with Crippen molar-refractivity contribution < 1.29 is 19.1 Å². The number of ether oxygens (including phenoxy) is 3. The van der Waals surface area contributed by atoms with Crippen LogP contribution >= 0.6 is 11.6 Å². The highest BCUT2D eigenvalue weighted by Gasteiger charge is 2.12. The van der Waals surface area contributed by atoms with Gasteiger partial charge in [0.25, 0.3) is 5.69 Å². The predicted octanol–water partition coefficient (Wildman–Crippen LogP) is 5.57. The summed E-state index contributed by atoms with van der Waals surface area (Å²) < 4.78 is 16.8. The van der Waals surface area contributed by atoms with Crippen LogP contribution in [-0.4, -0.2) is 25.2 Å². The first-order chi connectivity index (χ1) is 16.0. The summed E-state index contributed by atoms with van der Waals surface area (Å²) in [5.41, 5.74) is 2.99. The van der Waals surface area contributed by atoms with Gasteiger partial charge in [0.15, 0.2) is 11.5 Å². The predicted molar refractivity (Wildman–Crippen MR) is 128 cm³/mol. The van der Waals surface area contributed by atoms with Crippen LogP contribution in [0, 0.1) is 10.1 Å². The Kier molecular flexibility index (Phi) is 8.92. The lowest BCUT2D eigenvalue weighted by Crippen LogP contribution is -2.17. The van der Waals surface area contributed by atoms with E-state index >= 15 is 0 Å². The van der Waals surface area contributed by atoms with E-state index in [4.69, 9.17) is 25.8 Å². The topological polar surface area (TPSA) is 82.9 Å². The Balaban J connectivity index is 1.59. The van der Waals surface area contributed by atoms with Crippen molar-refractivity contribution in [2.45, 2.75) is 26.5 Å². The number of hydrogen-bond donors (Lipinski definition) is 1. The van der Waals surface area contributed by atoms with Gasteiger partial charge in [0, 0.05) is 29.8 Å².